The Hall–Kier alpha value is -0.870. The van der Waals surface area contributed by atoms with Crippen molar-refractivity contribution < 1.29 is 4.74 Å². The van der Waals surface area contributed by atoms with Crippen LogP contribution in [-0.4, -0.2) is 30.0 Å². The predicted octanol–water partition coefficient (Wildman–Crippen LogP) is 1.59. The van der Waals surface area contributed by atoms with Gasteiger partial charge in [0.05, 0.1) is 17.8 Å². The molecule has 2 unspecified atom stereocenters. The van der Waals surface area contributed by atoms with Gasteiger partial charge in [0.25, 0.3) is 0 Å². The molecule has 0 fully saturated rings. The maximum absolute atomic E-state index is 5.36. The van der Waals surface area contributed by atoms with E-state index in [2.05, 4.69) is 24.3 Å². The Labute approximate surface area is 91.6 Å². The first kappa shape index (κ1) is 12.2. The minimum Gasteiger partial charge on any atom is -0.380 e. The van der Waals surface area contributed by atoms with Crippen LogP contribution in [0.5, 0.6) is 0 Å². The van der Waals surface area contributed by atoms with Gasteiger partial charge in [0, 0.05) is 19.9 Å². The SMILES string of the molecule is CCCn1nccc1C(NC)C(C)OC. The summed E-state index contributed by atoms with van der Waals surface area (Å²) in [5.41, 5.74) is 1.19. The van der Waals surface area contributed by atoms with E-state index >= 15 is 0 Å². The van der Waals surface area contributed by atoms with Crippen LogP contribution in [0, 0.1) is 0 Å². The van der Waals surface area contributed by atoms with Crippen molar-refractivity contribution in [2.75, 3.05) is 14.2 Å². The van der Waals surface area contributed by atoms with Gasteiger partial charge in [-0.15, -0.1) is 0 Å². The topological polar surface area (TPSA) is 39.1 Å². The van der Waals surface area contributed by atoms with E-state index in [1.54, 1.807) is 7.11 Å². The molecule has 1 rings (SSSR count). The smallest absolute Gasteiger partial charge is 0.0753 e. The number of hydrogen-bond acceptors (Lipinski definition) is 3. The molecule has 4 heteroatoms. The highest BCUT2D eigenvalue weighted by Gasteiger charge is 2.20. The minimum atomic E-state index is 0.141. The van der Waals surface area contributed by atoms with Crippen LogP contribution < -0.4 is 5.32 Å². The van der Waals surface area contributed by atoms with Crippen molar-refractivity contribution in [3.8, 4) is 0 Å². The van der Waals surface area contributed by atoms with E-state index in [-0.39, 0.29) is 12.1 Å². The molecule has 0 saturated carbocycles. The molecule has 0 aromatic carbocycles. The van der Waals surface area contributed by atoms with Crippen molar-refractivity contribution >= 4 is 0 Å². The molecule has 0 bridgehead atoms. The molecule has 0 radical (unpaired) electrons. The van der Waals surface area contributed by atoms with Gasteiger partial charge < -0.3 is 10.1 Å². The average molecular weight is 211 g/mol. The van der Waals surface area contributed by atoms with Crippen LogP contribution in [0.3, 0.4) is 0 Å². The number of nitrogens with one attached hydrogen (secondary N) is 1. The van der Waals surface area contributed by atoms with Gasteiger partial charge in [-0.05, 0) is 26.5 Å². The van der Waals surface area contributed by atoms with Crippen molar-refractivity contribution in [2.45, 2.75) is 39.0 Å². The lowest BCUT2D eigenvalue weighted by atomic mass is 10.1. The van der Waals surface area contributed by atoms with Crippen molar-refractivity contribution in [3.63, 3.8) is 0 Å². The number of ether oxygens (including phenoxy) is 1. The maximum Gasteiger partial charge on any atom is 0.0753 e. The van der Waals surface area contributed by atoms with Gasteiger partial charge in [-0.1, -0.05) is 6.92 Å². The highest BCUT2D eigenvalue weighted by Crippen LogP contribution is 2.18. The predicted molar refractivity (Wildman–Crippen MR) is 60.8 cm³/mol. The summed E-state index contributed by atoms with van der Waals surface area (Å²) in [6, 6.07) is 2.25. The molecule has 1 aromatic rings. The third-order valence-corrected chi connectivity index (χ3v) is 2.66. The second-order valence-corrected chi connectivity index (χ2v) is 3.69. The van der Waals surface area contributed by atoms with Crippen molar-refractivity contribution in [2.24, 2.45) is 0 Å². The lowest BCUT2D eigenvalue weighted by Crippen LogP contribution is -2.30. The molecule has 0 saturated heterocycles. The molecule has 0 aliphatic heterocycles. The van der Waals surface area contributed by atoms with Gasteiger partial charge in [-0.3, -0.25) is 4.68 Å². The van der Waals surface area contributed by atoms with Crippen LogP contribution in [0.15, 0.2) is 12.3 Å². The fourth-order valence-electron chi connectivity index (χ4n) is 1.76. The molecule has 0 spiro atoms. The average Bonchev–Trinajstić information content (AvgIpc) is 2.68. The Balaban J connectivity index is 2.85. The zero-order valence-electron chi connectivity index (χ0n) is 10.0. The van der Waals surface area contributed by atoms with Crippen LogP contribution in [-0.2, 0) is 11.3 Å². The lowest BCUT2D eigenvalue weighted by molar-refractivity contribution is 0.0826. The fraction of sp³-hybridized carbons (Fsp3) is 0.727. The van der Waals surface area contributed by atoms with E-state index < -0.39 is 0 Å². The Bertz CT molecular complexity index is 285. The van der Waals surface area contributed by atoms with Gasteiger partial charge in [0.1, 0.15) is 0 Å². The highest BCUT2D eigenvalue weighted by atomic mass is 16.5. The molecular weight excluding hydrogens is 190 g/mol. The fourth-order valence-corrected chi connectivity index (χ4v) is 1.76. The van der Waals surface area contributed by atoms with E-state index in [1.165, 1.54) is 5.69 Å². The number of nitrogens with zero attached hydrogens (tertiary/aromatic N) is 2. The number of aromatic nitrogens is 2. The van der Waals surface area contributed by atoms with E-state index in [0.717, 1.165) is 13.0 Å². The van der Waals surface area contributed by atoms with E-state index in [0.29, 0.717) is 0 Å². The number of aryl methyl sites for hydroxylation is 1. The first-order chi connectivity index (χ1) is 7.24. The molecule has 0 aliphatic rings. The summed E-state index contributed by atoms with van der Waals surface area (Å²) in [4.78, 5) is 0. The summed E-state index contributed by atoms with van der Waals surface area (Å²) in [5, 5.41) is 7.58. The molecule has 4 nitrogen and oxygen atoms in total. The van der Waals surface area contributed by atoms with Crippen LogP contribution in [0.25, 0.3) is 0 Å². The van der Waals surface area contributed by atoms with Gasteiger partial charge >= 0.3 is 0 Å². The lowest BCUT2D eigenvalue weighted by Gasteiger charge is -2.23. The molecule has 0 aliphatic carbocycles. The van der Waals surface area contributed by atoms with E-state index in [4.69, 9.17) is 4.74 Å². The normalized spacial score (nSPS) is 15.2. The van der Waals surface area contributed by atoms with Crippen LogP contribution in [0.2, 0.25) is 0 Å². The summed E-state index contributed by atoms with van der Waals surface area (Å²) >= 11 is 0. The third-order valence-electron chi connectivity index (χ3n) is 2.66. The monoisotopic (exact) mass is 211 g/mol. The second kappa shape index (κ2) is 5.88. The first-order valence-electron chi connectivity index (χ1n) is 5.46. The highest BCUT2D eigenvalue weighted by molar-refractivity contribution is 5.08. The van der Waals surface area contributed by atoms with Crippen molar-refractivity contribution in [1.82, 2.24) is 15.1 Å². The van der Waals surface area contributed by atoms with Crippen molar-refractivity contribution in [1.29, 1.82) is 0 Å². The van der Waals surface area contributed by atoms with Gasteiger partial charge in [0.15, 0.2) is 0 Å². The summed E-state index contributed by atoms with van der Waals surface area (Å²) in [6.45, 7) is 5.17. The largest absolute Gasteiger partial charge is 0.380 e. The molecule has 2 atom stereocenters. The molecule has 1 N–H and O–H groups in total. The molecular formula is C11H21N3O. The summed E-state index contributed by atoms with van der Waals surface area (Å²) in [7, 11) is 3.68. The third kappa shape index (κ3) is 2.79. The molecule has 0 amide bonds. The number of methoxy groups -OCH3 is 1. The zero-order valence-corrected chi connectivity index (χ0v) is 10.0. The van der Waals surface area contributed by atoms with Crippen LogP contribution >= 0.6 is 0 Å². The minimum absolute atomic E-state index is 0.141. The van der Waals surface area contributed by atoms with E-state index in [1.807, 2.05) is 24.0 Å². The Morgan fingerprint density at radius 1 is 1.60 bits per heavy atom. The van der Waals surface area contributed by atoms with Crippen LogP contribution in [0.1, 0.15) is 32.0 Å². The quantitative estimate of drug-likeness (QED) is 0.776. The molecule has 1 heterocycles. The number of hydrogen-bond donors (Lipinski definition) is 1. The standard InChI is InChI=1S/C11H21N3O/c1-5-8-14-10(6-7-13-14)11(12-3)9(2)15-4/h6-7,9,11-12H,5,8H2,1-4H3. The summed E-state index contributed by atoms with van der Waals surface area (Å²) in [6.07, 6.45) is 3.08. The molecule has 1 aromatic heterocycles. The molecule has 86 valence electrons. The Morgan fingerprint density at radius 3 is 2.87 bits per heavy atom. The first-order valence-corrected chi connectivity index (χ1v) is 5.46. The van der Waals surface area contributed by atoms with Gasteiger partial charge in [-0.25, -0.2) is 0 Å². The molecule has 15 heavy (non-hydrogen) atoms. The zero-order chi connectivity index (χ0) is 11.3. The van der Waals surface area contributed by atoms with Crippen LogP contribution in [0.4, 0.5) is 0 Å². The van der Waals surface area contributed by atoms with Gasteiger partial charge in [0.2, 0.25) is 0 Å². The summed E-state index contributed by atoms with van der Waals surface area (Å²) in [5.74, 6) is 0. The van der Waals surface area contributed by atoms with Gasteiger partial charge in [-0.2, -0.15) is 5.10 Å². The van der Waals surface area contributed by atoms with E-state index in [9.17, 15) is 0 Å². The Morgan fingerprint density at radius 2 is 2.33 bits per heavy atom. The maximum atomic E-state index is 5.36. The number of likely N-dealkylation sites (N-methyl/N-ethyl adjacent to an activating group) is 1. The Kier molecular flexibility index (Phi) is 4.78. The van der Waals surface area contributed by atoms with Crippen molar-refractivity contribution in [3.05, 3.63) is 18.0 Å². The number of rotatable bonds is 6. The summed E-state index contributed by atoms with van der Waals surface area (Å²) < 4.78 is 7.39. The second-order valence-electron chi connectivity index (χ2n) is 3.69.